The van der Waals surface area contributed by atoms with E-state index in [0.717, 1.165) is 31.1 Å². The number of rotatable bonds is 3. The van der Waals surface area contributed by atoms with Crippen molar-refractivity contribution in [1.29, 1.82) is 0 Å². The predicted molar refractivity (Wildman–Crippen MR) is 88.3 cm³/mol. The molecule has 0 aliphatic heterocycles. The highest BCUT2D eigenvalue weighted by Crippen LogP contribution is 2.34. The Kier molecular flexibility index (Phi) is 3.67. The molecule has 2 heterocycles. The van der Waals surface area contributed by atoms with E-state index >= 15 is 0 Å². The van der Waals surface area contributed by atoms with Gasteiger partial charge in [-0.3, -0.25) is 0 Å². The molecule has 1 atom stereocenters. The highest BCUT2D eigenvalue weighted by atomic mass is 35.5. The van der Waals surface area contributed by atoms with Gasteiger partial charge in [-0.25, -0.2) is 9.97 Å². The zero-order chi connectivity index (χ0) is 14.3. The average Bonchev–Trinajstić information content (AvgIpc) is 2.93. The van der Waals surface area contributed by atoms with Gasteiger partial charge >= 0.3 is 0 Å². The third-order valence-electron chi connectivity index (χ3n) is 3.04. The molecule has 3 rings (SSSR count). The van der Waals surface area contributed by atoms with Crippen LogP contribution in [0.2, 0.25) is 5.02 Å². The van der Waals surface area contributed by atoms with Crippen LogP contribution in [0.1, 0.15) is 28.5 Å². The van der Waals surface area contributed by atoms with Crippen LogP contribution < -0.4 is 5.32 Å². The van der Waals surface area contributed by atoms with Gasteiger partial charge in [0, 0.05) is 4.88 Å². The Morgan fingerprint density at radius 2 is 2.00 bits per heavy atom. The van der Waals surface area contributed by atoms with Gasteiger partial charge in [0.2, 0.25) is 0 Å². The van der Waals surface area contributed by atoms with Gasteiger partial charge < -0.3 is 5.32 Å². The third-order valence-corrected chi connectivity index (χ3v) is 5.76. The number of hydrogen-bond acceptors (Lipinski definition) is 5. The SMILES string of the molecule is Cc1nc(C)c(C(C)Nc2nc3cccc(Cl)c3s2)s1. The minimum absolute atomic E-state index is 0.195. The van der Waals surface area contributed by atoms with Crippen molar-refractivity contribution in [3.8, 4) is 0 Å². The topological polar surface area (TPSA) is 37.8 Å². The number of fused-ring (bicyclic) bond motifs is 1. The Labute approximate surface area is 130 Å². The van der Waals surface area contributed by atoms with Gasteiger partial charge in [-0.15, -0.1) is 11.3 Å². The molecule has 0 saturated heterocycles. The minimum Gasteiger partial charge on any atom is -0.354 e. The molecule has 1 N–H and O–H groups in total. The van der Waals surface area contributed by atoms with E-state index in [0.29, 0.717) is 0 Å². The van der Waals surface area contributed by atoms with Crippen LogP contribution in [0.3, 0.4) is 0 Å². The van der Waals surface area contributed by atoms with E-state index in [4.69, 9.17) is 11.6 Å². The Balaban J connectivity index is 1.89. The number of aryl methyl sites for hydroxylation is 2. The lowest BCUT2D eigenvalue weighted by molar-refractivity contribution is 0.888. The average molecular weight is 324 g/mol. The molecule has 6 heteroatoms. The van der Waals surface area contributed by atoms with Crippen molar-refractivity contribution in [1.82, 2.24) is 9.97 Å². The summed E-state index contributed by atoms with van der Waals surface area (Å²) in [5.74, 6) is 0. The standard InChI is InChI=1S/C14H14ClN3S2/c1-7-12(19-9(3)16-7)8(2)17-14-18-11-6-4-5-10(15)13(11)20-14/h4-6,8H,1-3H3,(H,17,18). The lowest BCUT2D eigenvalue weighted by Crippen LogP contribution is -2.05. The molecular weight excluding hydrogens is 310 g/mol. The van der Waals surface area contributed by atoms with Crippen LogP contribution >= 0.6 is 34.3 Å². The number of thiazole rings is 2. The normalized spacial score (nSPS) is 12.8. The first kappa shape index (κ1) is 13.8. The number of halogens is 1. The molecule has 0 radical (unpaired) electrons. The van der Waals surface area contributed by atoms with Crippen molar-refractivity contribution in [3.05, 3.63) is 38.8 Å². The first-order valence-corrected chi connectivity index (χ1v) is 8.31. The van der Waals surface area contributed by atoms with Gasteiger partial charge in [0.1, 0.15) is 0 Å². The molecule has 0 aliphatic carbocycles. The summed E-state index contributed by atoms with van der Waals surface area (Å²) >= 11 is 9.51. The lowest BCUT2D eigenvalue weighted by atomic mass is 10.2. The van der Waals surface area contributed by atoms with Gasteiger partial charge in [-0.05, 0) is 32.9 Å². The Morgan fingerprint density at radius 1 is 1.20 bits per heavy atom. The molecule has 0 spiro atoms. The number of benzene rings is 1. The molecule has 104 valence electrons. The molecule has 3 nitrogen and oxygen atoms in total. The van der Waals surface area contributed by atoms with Crippen molar-refractivity contribution in [2.45, 2.75) is 26.8 Å². The fraction of sp³-hybridized carbons (Fsp3) is 0.286. The maximum absolute atomic E-state index is 6.19. The van der Waals surface area contributed by atoms with Gasteiger partial charge in [0.25, 0.3) is 0 Å². The molecule has 20 heavy (non-hydrogen) atoms. The Bertz CT molecular complexity index is 763. The van der Waals surface area contributed by atoms with Crippen molar-refractivity contribution in [2.75, 3.05) is 5.32 Å². The maximum atomic E-state index is 6.19. The fourth-order valence-electron chi connectivity index (χ4n) is 2.18. The molecule has 0 aliphatic rings. The Hall–Kier alpha value is -1.17. The molecule has 3 aromatic rings. The molecule has 0 bridgehead atoms. The highest BCUT2D eigenvalue weighted by Gasteiger charge is 2.15. The maximum Gasteiger partial charge on any atom is 0.184 e. The molecular formula is C14H14ClN3S2. The minimum atomic E-state index is 0.195. The van der Waals surface area contributed by atoms with Crippen LogP contribution in [0.25, 0.3) is 10.2 Å². The van der Waals surface area contributed by atoms with Gasteiger partial charge in [-0.2, -0.15) is 0 Å². The van der Waals surface area contributed by atoms with Gasteiger partial charge in [-0.1, -0.05) is 29.0 Å². The van der Waals surface area contributed by atoms with Crippen LogP contribution in [0.15, 0.2) is 18.2 Å². The second kappa shape index (κ2) is 5.31. The first-order chi connectivity index (χ1) is 9.54. The number of aromatic nitrogens is 2. The number of nitrogens with one attached hydrogen (secondary N) is 1. The van der Waals surface area contributed by atoms with Crippen molar-refractivity contribution in [2.24, 2.45) is 0 Å². The molecule has 0 amide bonds. The molecule has 0 fully saturated rings. The zero-order valence-electron chi connectivity index (χ0n) is 11.4. The van der Waals surface area contributed by atoms with E-state index in [9.17, 15) is 0 Å². The van der Waals surface area contributed by atoms with Crippen LogP contribution in [0, 0.1) is 13.8 Å². The van der Waals surface area contributed by atoms with Crippen LogP contribution in [0.5, 0.6) is 0 Å². The smallest absolute Gasteiger partial charge is 0.184 e. The monoisotopic (exact) mass is 323 g/mol. The van der Waals surface area contributed by atoms with E-state index in [-0.39, 0.29) is 6.04 Å². The summed E-state index contributed by atoms with van der Waals surface area (Å²) in [6.45, 7) is 6.21. The van der Waals surface area contributed by atoms with Crippen molar-refractivity contribution < 1.29 is 0 Å². The van der Waals surface area contributed by atoms with E-state index in [1.807, 2.05) is 32.0 Å². The zero-order valence-corrected chi connectivity index (χ0v) is 13.8. The Morgan fingerprint density at radius 3 is 2.65 bits per heavy atom. The third kappa shape index (κ3) is 2.53. The van der Waals surface area contributed by atoms with E-state index < -0.39 is 0 Å². The summed E-state index contributed by atoms with van der Waals surface area (Å²) in [4.78, 5) is 10.3. The van der Waals surface area contributed by atoms with Crippen molar-refractivity contribution in [3.63, 3.8) is 0 Å². The number of anilines is 1. The van der Waals surface area contributed by atoms with E-state index in [1.165, 1.54) is 4.88 Å². The highest BCUT2D eigenvalue weighted by molar-refractivity contribution is 7.22. The quantitative estimate of drug-likeness (QED) is 0.720. The predicted octanol–water partition coefficient (Wildman–Crippen LogP) is 5.20. The molecule has 1 aromatic carbocycles. The second-order valence-electron chi connectivity index (χ2n) is 4.66. The summed E-state index contributed by atoms with van der Waals surface area (Å²) in [6.07, 6.45) is 0. The molecule has 1 unspecified atom stereocenters. The number of hydrogen-bond donors (Lipinski definition) is 1. The van der Waals surface area contributed by atoms with E-state index in [1.54, 1.807) is 22.7 Å². The van der Waals surface area contributed by atoms with Crippen LogP contribution in [0.4, 0.5) is 5.13 Å². The summed E-state index contributed by atoms with van der Waals surface area (Å²) in [5.41, 5.74) is 2.03. The summed E-state index contributed by atoms with van der Waals surface area (Å²) in [7, 11) is 0. The first-order valence-electron chi connectivity index (χ1n) is 6.30. The molecule has 2 aromatic heterocycles. The van der Waals surface area contributed by atoms with Gasteiger partial charge in [0.15, 0.2) is 5.13 Å². The fourth-order valence-corrected chi connectivity index (χ4v) is 4.35. The largest absolute Gasteiger partial charge is 0.354 e. The van der Waals surface area contributed by atoms with E-state index in [2.05, 4.69) is 22.2 Å². The summed E-state index contributed by atoms with van der Waals surface area (Å²) in [5, 5.41) is 6.19. The van der Waals surface area contributed by atoms with Gasteiger partial charge in [0.05, 0.1) is 32.0 Å². The van der Waals surface area contributed by atoms with Crippen molar-refractivity contribution >= 4 is 49.6 Å². The lowest BCUT2D eigenvalue weighted by Gasteiger charge is -2.11. The summed E-state index contributed by atoms with van der Waals surface area (Å²) < 4.78 is 1.03. The molecule has 0 saturated carbocycles. The summed E-state index contributed by atoms with van der Waals surface area (Å²) in [6, 6.07) is 6.00. The van der Waals surface area contributed by atoms with Crippen LogP contribution in [-0.2, 0) is 0 Å². The number of nitrogens with zero attached hydrogens (tertiary/aromatic N) is 2. The second-order valence-corrected chi connectivity index (χ2v) is 7.30. The van der Waals surface area contributed by atoms with Crippen LogP contribution in [-0.4, -0.2) is 9.97 Å².